The number of hydrogen-bond donors (Lipinski definition) is 1. The van der Waals surface area contributed by atoms with Crippen molar-refractivity contribution in [2.45, 2.75) is 31.3 Å². The average Bonchev–Trinajstić information content (AvgIpc) is 3.27. The van der Waals surface area contributed by atoms with Crippen molar-refractivity contribution in [3.8, 4) is 6.07 Å². The monoisotopic (exact) mass is 319 g/mol. The maximum atomic E-state index is 14.5. The predicted molar refractivity (Wildman–Crippen MR) is 85.9 cm³/mol. The van der Waals surface area contributed by atoms with Gasteiger partial charge >= 0.3 is 0 Å². The number of hydroxylamine groups is 1. The number of halogens is 1. The van der Waals surface area contributed by atoms with Gasteiger partial charge in [-0.2, -0.15) is 10.7 Å². The molecule has 0 spiro atoms. The summed E-state index contributed by atoms with van der Waals surface area (Å²) in [5.74, 6) is -0.265. The van der Waals surface area contributed by atoms with Crippen molar-refractivity contribution in [3.63, 3.8) is 0 Å². The van der Waals surface area contributed by atoms with Gasteiger partial charge in [-0.05, 0) is 31.6 Å². The summed E-state index contributed by atoms with van der Waals surface area (Å²) in [5, 5.41) is 9.92. The molecule has 1 saturated carbocycles. The van der Waals surface area contributed by atoms with E-state index in [4.69, 9.17) is 9.89 Å². The Hall–Kier alpha value is -1.47. The van der Waals surface area contributed by atoms with Crippen molar-refractivity contribution in [3.05, 3.63) is 35.7 Å². The third-order valence-electron chi connectivity index (χ3n) is 4.06. The van der Waals surface area contributed by atoms with Crippen molar-refractivity contribution in [2.75, 3.05) is 13.7 Å². The van der Waals surface area contributed by atoms with E-state index in [-0.39, 0.29) is 11.9 Å². The number of benzene rings is 1. The van der Waals surface area contributed by atoms with Gasteiger partial charge in [-0.25, -0.2) is 4.39 Å². The van der Waals surface area contributed by atoms with Crippen molar-refractivity contribution < 1.29 is 9.01 Å². The summed E-state index contributed by atoms with van der Waals surface area (Å²) in [4.78, 5) is 1.83. The summed E-state index contributed by atoms with van der Waals surface area (Å²) >= 11 is 0. The molecule has 0 radical (unpaired) electrons. The van der Waals surface area contributed by atoms with Crippen LogP contribution in [0.3, 0.4) is 0 Å². The largest absolute Gasteiger partial charge is 0.358 e. The average molecular weight is 319 g/mol. The Labute approximate surface area is 131 Å². The predicted octanol–water partition coefficient (Wildman–Crippen LogP) is 2.73. The lowest BCUT2D eigenvalue weighted by molar-refractivity contribution is 0.219. The van der Waals surface area contributed by atoms with E-state index < -0.39 is 8.15 Å². The van der Waals surface area contributed by atoms with Crippen LogP contribution in [0.1, 0.15) is 24.8 Å². The number of nitrogens with zero attached hydrogens (tertiary/aromatic N) is 2. The smallest absolute Gasteiger partial charge is 0.133 e. The van der Waals surface area contributed by atoms with Crippen molar-refractivity contribution in [2.24, 2.45) is 0 Å². The van der Waals surface area contributed by atoms with E-state index in [2.05, 4.69) is 11.5 Å². The summed E-state index contributed by atoms with van der Waals surface area (Å²) in [6.45, 7) is 1.96. The zero-order chi connectivity index (χ0) is 15.7. The Kier molecular flexibility index (Phi) is 4.44. The molecule has 3 rings (SSSR count). The van der Waals surface area contributed by atoms with Gasteiger partial charge in [0.25, 0.3) is 0 Å². The zero-order valence-corrected chi connectivity index (χ0v) is 13.6. The van der Waals surface area contributed by atoms with E-state index in [0.29, 0.717) is 18.0 Å². The van der Waals surface area contributed by atoms with E-state index in [1.54, 1.807) is 12.1 Å². The molecule has 0 amide bonds. The van der Waals surface area contributed by atoms with Gasteiger partial charge in [-0.3, -0.25) is 4.62 Å². The molecule has 0 bridgehead atoms. The van der Waals surface area contributed by atoms with E-state index in [0.717, 1.165) is 23.8 Å². The van der Waals surface area contributed by atoms with Crippen LogP contribution in [-0.2, 0) is 4.62 Å². The summed E-state index contributed by atoms with van der Waals surface area (Å²) in [6, 6.07) is 7.72. The first-order chi connectivity index (χ1) is 10.6. The second-order valence-corrected chi connectivity index (χ2v) is 7.42. The van der Waals surface area contributed by atoms with Gasteiger partial charge < -0.3 is 4.90 Å². The van der Waals surface area contributed by atoms with Gasteiger partial charge in [-0.1, -0.05) is 12.1 Å². The van der Waals surface area contributed by atoms with Crippen molar-refractivity contribution in [1.82, 2.24) is 10.4 Å². The van der Waals surface area contributed by atoms with Crippen molar-refractivity contribution in [1.29, 1.82) is 5.26 Å². The van der Waals surface area contributed by atoms with Gasteiger partial charge in [0.1, 0.15) is 11.9 Å². The Morgan fingerprint density at radius 2 is 2.23 bits per heavy atom. The summed E-state index contributed by atoms with van der Waals surface area (Å²) in [6.07, 6.45) is 4.86. The lowest BCUT2D eigenvalue weighted by atomic mass is 10.1. The molecule has 2 unspecified atom stereocenters. The number of rotatable bonds is 5. The van der Waals surface area contributed by atoms with Gasteiger partial charge in [-0.15, -0.1) is 0 Å². The molecule has 1 aromatic carbocycles. The quantitative estimate of drug-likeness (QED) is 0.670. The van der Waals surface area contributed by atoms with Gasteiger partial charge in [0.2, 0.25) is 0 Å². The highest BCUT2D eigenvalue weighted by molar-refractivity contribution is 7.60. The SMILES string of the molecule is CN1C(c2ccc(P(C)ONC3CC3)cc2F)=CCC1C#N. The van der Waals surface area contributed by atoms with Crippen LogP contribution in [0.5, 0.6) is 0 Å². The third kappa shape index (κ3) is 3.15. The number of nitriles is 1. The molecule has 2 atom stereocenters. The van der Waals surface area contributed by atoms with E-state index in [1.807, 2.05) is 30.8 Å². The van der Waals surface area contributed by atoms with Crippen LogP contribution in [0.2, 0.25) is 0 Å². The molecule has 1 aromatic rings. The maximum absolute atomic E-state index is 14.5. The normalized spacial score (nSPS) is 22.4. The van der Waals surface area contributed by atoms with Crippen LogP contribution in [-0.4, -0.2) is 30.7 Å². The second kappa shape index (κ2) is 6.34. The van der Waals surface area contributed by atoms with E-state index >= 15 is 0 Å². The minimum atomic E-state index is -0.868. The molecule has 0 saturated heterocycles. The van der Waals surface area contributed by atoms with Gasteiger partial charge in [0, 0.05) is 36.1 Å². The Morgan fingerprint density at radius 1 is 1.45 bits per heavy atom. The number of hydrogen-bond acceptors (Lipinski definition) is 4. The lowest BCUT2D eigenvalue weighted by Crippen LogP contribution is -2.24. The molecule has 2 aliphatic rings. The van der Waals surface area contributed by atoms with Gasteiger partial charge in [0.15, 0.2) is 0 Å². The fourth-order valence-electron chi connectivity index (χ4n) is 2.45. The topological polar surface area (TPSA) is 48.3 Å². The molecular formula is C16H19FN3OP. The van der Waals surface area contributed by atoms with E-state index in [9.17, 15) is 4.39 Å². The molecule has 1 N–H and O–H groups in total. The summed E-state index contributed by atoms with van der Waals surface area (Å²) in [7, 11) is 0.960. The highest BCUT2D eigenvalue weighted by Crippen LogP contribution is 2.34. The molecule has 1 aliphatic heterocycles. The number of nitrogens with one attached hydrogen (secondary N) is 1. The van der Waals surface area contributed by atoms with Crippen LogP contribution in [0.25, 0.3) is 5.70 Å². The molecule has 1 heterocycles. The first-order valence-electron chi connectivity index (χ1n) is 7.39. The van der Waals surface area contributed by atoms with Crippen LogP contribution in [0, 0.1) is 17.1 Å². The third-order valence-corrected chi connectivity index (χ3v) is 5.44. The molecule has 0 aromatic heterocycles. The van der Waals surface area contributed by atoms with Crippen LogP contribution >= 0.6 is 8.15 Å². The molecule has 1 fully saturated rings. The Morgan fingerprint density at radius 3 is 2.82 bits per heavy atom. The summed E-state index contributed by atoms with van der Waals surface area (Å²) in [5.41, 5.74) is 4.34. The van der Waals surface area contributed by atoms with Crippen LogP contribution in [0.4, 0.5) is 4.39 Å². The van der Waals surface area contributed by atoms with Gasteiger partial charge in [0.05, 0.1) is 14.2 Å². The highest BCUT2D eigenvalue weighted by Gasteiger charge is 2.26. The standard InChI is InChI=1S/C16H19FN3OP/c1-20-12(10-18)5-8-16(20)14-7-6-13(9-15(14)17)22(2)21-19-11-3-4-11/h6-9,11-12,19H,3-5H2,1-2H3. The molecule has 1 aliphatic carbocycles. The lowest BCUT2D eigenvalue weighted by Gasteiger charge is -2.21. The summed E-state index contributed by atoms with van der Waals surface area (Å²) < 4.78 is 20.1. The molecule has 116 valence electrons. The molecular weight excluding hydrogens is 300 g/mol. The molecule has 6 heteroatoms. The fraction of sp³-hybridized carbons (Fsp3) is 0.438. The highest BCUT2D eigenvalue weighted by atomic mass is 31.1. The van der Waals surface area contributed by atoms with Crippen LogP contribution in [0.15, 0.2) is 24.3 Å². The van der Waals surface area contributed by atoms with E-state index in [1.165, 1.54) is 0 Å². The molecule has 4 nitrogen and oxygen atoms in total. The minimum Gasteiger partial charge on any atom is -0.358 e. The first kappa shape index (κ1) is 15.4. The zero-order valence-electron chi connectivity index (χ0n) is 12.7. The minimum absolute atomic E-state index is 0.205. The molecule has 22 heavy (non-hydrogen) atoms. The fourth-order valence-corrected chi connectivity index (χ4v) is 3.44. The Balaban J connectivity index is 1.73. The second-order valence-electron chi connectivity index (χ2n) is 5.73. The van der Waals surface area contributed by atoms with Crippen molar-refractivity contribution >= 4 is 19.2 Å². The Bertz CT molecular complexity index is 639. The van der Waals surface area contributed by atoms with Crippen LogP contribution < -0.4 is 10.8 Å². The maximum Gasteiger partial charge on any atom is 0.133 e. The first-order valence-corrected chi connectivity index (χ1v) is 9.09.